The lowest BCUT2D eigenvalue weighted by molar-refractivity contribution is -0.112. The molecule has 1 aliphatic rings. The Morgan fingerprint density at radius 2 is 1.93 bits per heavy atom. The minimum Gasteiger partial charge on any atom is -0.512 e. The van der Waals surface area contributed by atoms with Crippen LogP contribution in [-0.2, 0) is 4.79 Å². The van der Waals surface area contributed by atoms with Gasteiger partial charge in [-0.1, -0.05) is 18.2 Å². The molecule has 0 saturated carbocycles. The number of rotatable bonds is 4. The van der Waals surface area contributed by atoms with E-state index >= 15 is 0 Å². The number of aliphatic hydroxyl groups is 1. The number of carboxylic acids is 1. The van der Waals surface area contributed by atoms with E-state index in [0.717, 1.165) is 11.3 Å². The molecule has 1 aliphatic carbocycles. The summed E-state index contributed by atoms with van der Waals surface area (Å²) in [7, 11) is 0. The summed E-state index contributed by atoms with van der Waals surface area (Å²) in [6, 6.07) is 2.66. The number of anilines is 1. The first kappa shape index (κ1) is 18.8. The highest BCUT2D eigenvalue weighted by Gasteiger charge is 2.25. The van der Waals surface area contributed by atoms with E-state index in [1.54, 1.807) is 6.08 Å². The van der Waals surface area contributed by atoms with E-state index in [2.05, 4.69) is 5.32 Å². The number of benzene rings is 1. The molecule has 1 heterocycles. The monoisotopic (exact) mass is 391 g/mol. The lowest BCUT2D eigenvalue weighted by Crippen LogP contribution is -2.16. The van der Waals surface area contributed by atoms with Crippen molar-refractivity contribution in [2.24, 2.45) is 0 Å². The molecular formula is C19H15F2NO4S. The Balaban J connectivity index is 2.00. The van der Waals surface area contributed by atoms with Crippen molar-refractivity contribution in [1.82, 2.24) is 0 Å². The lowest BCUT2D eigenvalue weighted by Gasteiger charge is -2.11. The molecule has 0 aliphatic heterocycles. The predicted octanol–water partition coefficient (Wildman–Crippen LogP) is 4.80. The number of allylic oxidation sites excluding steroid dienone is 2. The Morgan fingerprint density at radius 3 is 2.59 bits per heavy atom. The Labute approximate surface area is 157 Å². The molecule has 0 fully saturated rings. The van der Waals surface area contributed by atoms with E-state index in [-0.39, 0.29) is 38.6 Å². The predicted molar refractivity (Wildman–Crippen MR) is 98.0 cm³/mol. The zero-order chi connectivity index (χ0) is 19.7. The topological polar surface area (TPSA) is 86.6 Å². The molecule has 1 aromatic heterocycles. The van der Waals surface area contributed by atoms with Crippen LogP contribution in [0.5, 0.6) is 0 Å². The summed E-state index contributed by atoms with van der Waals surface area (Å²) in [6.07, 6.45) is 3.85. The standard InChI is InChI=1S/C19H15F2NO4S/c1-9-5-6-12(16(21)15(9)20)13-8-27-18(14(13)19(25)26)22-17(24)10-3-2-4-11(23)7-10/h3,5-8,23H,2,4H2,1H3,(H,22,24)(H,25,26). The van der Waals surface area contributed by atoms with Gasteiger partial charge in [0.05, 0.1) is 5.76 Å². The van der Waals surface area contributed by atoms with E-state index in [1.165, 1.54) is 30.5 Å². The second kappa shape index (κ2) is 7.32. The SMILES string of the molecule is Cc1ccc(-c2csc(NC(=O)C3=CCCC(O)=C3)c2C(=O)O)c(F)c1F. The summed E-state index contributed by atoms with van der Waals surface area (Å²) in [5.41, 5.74) is -0.220. The zero-order valence-corrected chi connectivity index (χ0v) is 15.0. The van der Waals surface area contributed by atoms with Gasteiger partial charge in [0.25, 0.3) is 5.91 Å². The molecule has 0 spiro atoms. The van der Waals surface area contributed by atoms with Gasteiger partial charge in [-0.15, -0.1) is 11.3 Å². The third-order valence-electron chi connectivity index (χ3n) is 4.15. The molecule has 0 unspecified atom stereocenters. The van der Waals surface area contributed by atoms with Gasteiger partial charge in [-0.2, -0.15) is 0 Å². The number of carboxylic acid groups (broad SMARTS) is 1. The maximum Gasteiger partial charge on any atom is 0.339 e. The number of hydrogen-bond donors (Lipinski definition) is 3. The molecule has 0 saturated heterocycles. The molecule has 2 aromatic rings. The fraction of sp³-hybridized carbons (Fsp3) is 0.158. The quantitative estimate of drug-likeness (QED) is 0.699. The first-order valence-electron chi connectivity index (χ1n) is 8.00. The number of halogens is 2. The van der Waals surface area contributed by atoms with Gasteiger partial charge in [0.15, 0.2) is 11.6 Å². The molecule has 0 radical (unpaired) electrons. The van der Waals surface area contributed by atoms with Crippen LogP contribution in [0.15, 0.2) is 41.0 Å². The first-order valence-corrected chi connectivity index (χ1v) is 8.88. The van der Waals surface area contributed by atoms with Crippen molar-refractivity contribution in [2.45, 2.75) is 19.8 Å². The van der Waals surface area contributed by atoms with Crippen LogP contribution in [0.4, 0.5) is 13.8 Å². The number of aliphatic hydroxyl groups excluding tert-OH is 1. The number of thiophene rings is 1. The van der Waals surface area contributed by atoms with Crippen LogP contribution in [0, 0.1) is 18.6 Å². The highest BCUT2D eigenvalue weighted by atomic mass is 32.1. The van der Waals surface area contributed by atoms with Gasteiger partial charge in [-0.25, -0.2) is 13.6 Å². The third-order valence-corrected chi connectivity index (χ3v) is 5.04. The molecular weight excluding hydrogens is 376 g/mol. The number of aromatic carboxylic acids is 1. The molecule has 8 heteroatoms. The molecule has 3 rings (SSSR count). The van der Waals surface area contributed by atoms with Crippen LogP contribution in [0.1, 0.15) is 28.8 Å². The number of carbonyl (C=O) groups excluding carboxylic acids is 1. The Bertz CT molecular complexity index is 1010. The molecule has 1 aromatic carbocycles. The van der Waals surface area contributed by atoms with Crippen molar-refractivity contribution < 1.29 is 28.6 Å². The van der Waals surface area contributed by atoms with Gasteiger partial charge < -0.3 is 15.5 Å². The second-order valence-electron chi connectivity index (χ2n) is 6.00. The maximum atomic E-state index is 14.3. The molecule has 140 valence electrons. The van der Waals surface area contributed by atoms with Crippen LogP contribution in [0.2, 0.25) is 0 Å². The van der Waals surface area contributed by atoms with Crippen LogP contribution in [-0.4, -0.2) is 22.1 Å². The van der Waals surface area contributed by atoms with Gasteiger partial charge in [0.2, 0.25) is 0 Å². The number of aryl methyl sites for hydroxylation is 1. The Kier molecular flexibility index (Phi) is 5.09. The van der Waals surface area contributed by atoms with Gasteiger partial charge in [0.1, 0.15) is 10.6 Å². The molecule has 5 nitrogen and oxygen atoms in total. The number of nitrogens with one attached hydrogen (secondary N) is 1. The van der Waals surface area contributed by atoms with Crippen molar-refractivity contribution in [2.75, 3.05) is 5.32 Å². The highest BCUT2D eigenvalue weighted by Crippen LogP contribution is 2.38. The molecule has 0 bridgehead atoms. The molecule has 1 amide bonds. The minimum atomic E-state index is -1.38. The van der Waals surface area contributed by atoms with Crippen LogP contribution in [0.3, 0.4) is 0 Å². The van der Waals surface area contributed by atoms with Gasteiger partial charge in [-0.05, 0) is 25.0 Å². The number of amides is 1. The van der Waals surface area contributed by atoms with E-state index in [9.17, 15) is 28.6 Å². The minimum absolute atomic E-state index is 0.00208. The summed E-state index contributed by atoms with van der Waals surface area (Å²) in [5.74, 6) is -4.10. The summed E-state index contributed by atoms with van der Waals surface area (Å²) >= 11 is 0.899. The average Bonchev–Trinajstić information content (AvgIpc) is 3.03. The van der Waals surface area contributed by atoms with Gasteiger partial charge in [0, 0.05) is 28.5 Å². The normalized spacial score (nSPS) is 13.7. The molecule has 27 heavy (non-hydrogen) atoms. The van der Waals surface area contributed by atoms with Crippen LogP contribution < -0.4 is 5.32 Å². The third kappa shape index (κ3) is 3.61. The van der Waals surface area contributed by atoms with Crippen molar-refractivity contribution in [3.05, 3.63) is 63.8 Å². The van der Waals surface area contributed by atoms with E-state index in [1.807, 2.05) is 0 Å². The van der Waals surface area contributed by atoms with Crippen LogP contribution in [0.25, 0.3) is 11.1 Å². The summed E-state index contributed by atoms with van der Waals surface area (Å²) in [6.45, 7) is 1.40. The number of hydrogen-bond acceptors (Lipinski definition) is 4. The Hall–Kier alpha value is -3.00. The van der Waals surface area contributed by atoms with Crippen molar-refractivity contribution in [3.8, 4) is 11.1 Å². The zero-order valence-electron chi connectivity index (χ0n) is 14.2. The lowest BCUT2D eigenvalue weighted by atomic mass is 10.0. The summed E-state index contributed by atoms with van der Waals surface area (Å²) in [5, 5.41) is 22.9. The van der Waals surface area contributed by atoms with E-state index < -0.39 is 23.5 Å². The highest BCUT2D eigenvalue weighted by molar-refractivity contribution is 7.15. The van der Waals surface area contributed by atoms with Crippen molar-refractivity contribution in [3.63, 3.8) is 0 Å². The molecule has 3 N–H and O–H groups in total. The van der Waals surface area contributed by atoms with Gasteiger partial charge in [-0.3, -0.25) is 4.79 Å². The van der Waals surface area contributed by atoms with Crippen molar-refractivity contribution >= 4 is 28.2 Å². The van der Waals surface area contributed by atoms with Crippen LogP contribution >= 0.6 is 11.3 Å². The molecule has 0 atom stereocenters. The van der Waals surface area contributed by atoms with Gasteiger partial charge >= 0.3 is 5.97 Å². The maximum absolute atomic E-state index is 14.3. The summed E-state index contributed by atoms with van der Waals surface area (Å²) in [4.78, 5) is 24.1. The Morgan fingerprint density at radius 1 is 1.19 bits per heavy atom. The van der Waals surface area contributed by atoms with E-state index in [4.69, 9.17) is 0 Å². The second-order valence-corrected chi connectivity index (χ2v) is 6.88. The van der Waals surface area contributed by atoms with Crippen molar-refractivity contribution in [1.29, 1.82) is 0 Å². The summed E-state index contributed by atoms with van der Waals surface area (Å²) < 4.78 is 28.2. The first-order chi connectivity index (χ1) is 12.8. The fourth-order valence-corrected chi connectivity index (χ4v) is 3.68. The largest absolute Gasteiger partial charge is 0.512 e. The average molecular weight is 391 g/mol. The van der Waals surface area contributed by atoms with E-state index in [0.29, 0.717) is 12.8 Å². The number of carbonyl (C=O) groups is 2. The smallest absolute Gasteiger partial charge is 0.339 e. The fourth-order valence-electron chi connectivity index (χ4n) is 2.73.